The Morgan fingerprint density at radius 3 is 2.48 bits per heavy atom. The minimum Gasteiger partial charge on any atom is -0.312 e. The smallest absolute Gasteiger partial charge is 0.250 e. The third-order valence-electron chi connectivity index (χ3n) is 5.70. The van der Waals surface area contributed by atoms with E-state index >= 15 is 0 Å². The average molecular weight is 463 g/mol. The average Bonchev–Trinajstić information content (AvgIpc) is 3.32. The number of imidazole rings is 1. The van der Waals surface area contributed by atoms with Gasteiger partial charge in [0, 0.05) is 35.7 Å². The molecular weight excluding hydrogens is 443 g/mol. The lowest BCUT2D eigenvalue weighted by Crippen LogP contribution is -2.50. The van der Waals surface area contributed by atoms with Crippen LogP contribution in [-0.4, -0.2) is 38.5 Å². The highest BCUT2D eigenvalue weighted by atomic mass is 35.5. The predicted octanol–water partition coefficient (Wildman–Crippen LogP) is 5.01. The monoisotopic (exact) mass is 462 g/mol. The quantitative estimate of drug-likeness (QED) is 0.426. The highest BCUT2D eigenvalue weighted by Crippen LogP contribution is 2.40. The van der Waals surface area contributed by atoms with E-state index in [4.69, 9.17) is 16.6 Å². The van der Waals surface area contributed by atoms with Crippen LogP contribution >= 0.6 is 11.6 Å². The van der Waals surface area contributed by atoms with Crippen molar-refractivity contribution in [3.8, 4) is 17.3 Å². The van der Waals surface area contributed by atoms with E-state index in [0.29, 0.717) is 34.7 Å². The third kappa shape index (κ3) is 3.62. The lowest BCUT2D eigenvalue weighted by atomic mass is 10.1. The Bertz CT molecular complexity index is 1320. The van der Waals surface area contributed by atoms with E-state index in [1.54, 1.807) is 59.4 Å². The standard InChI is InChI=1S/C24H20ClFN6O/c1-3-19-23(33)30(2)20-14-28-24(29-22(20)32(19)18-10-6-16(25)7-11-18)31-13-12-27-21(31)15-4-8-17(26)9-5-15/h4-14,19H,3H2,1-2H3. The second kappa shape index (κ2) is 8.29. The topological polar surface area (TPSA) is 67.2 Å². The Labute approximate surface area is 195 Å². The van der Waals surface area contributed by atoms with Crippen LogP contribution < -0.4 is 9.80 Å². The van der Waals surface area contributed by atoms with Gasteiger partial charge in [0.15, 0.2) is 5.82 Å². The van der Waals surface area contributed by atoms with Gasteiger partial charge in [-0.3, -0.25) is 9.36 Å². The summed E-state index contributed by atoms with van der Waals surface area (Å²) in [5, 5.41) is 0.609. The zero-order valence-electron chi connectivity index (χ0n) is 18.0. The molecule has 4 aromatic rings. The molecule has 1 aliphatic rings. The number of nitrogens with zero attached hydrogens (tertiary/aromatic N) is 6. The molecule has 0 spiro atoms. The van der Waals surface area contributed by atoms with Crippen molar-refractivity contribution in [3.63, 3.8) is 0 Å². The Hall–Kier alpha value is -3.78. The molecule has 7 nitrogen and oxygen atoms in total. The van der Waals surface area contributed by atoms with Crippen LogP contribution in [0.5, 0.6) is 0 Å². The third-order valence-corrected chi connectivity index (χ3v) is 5.96. The number of hydrogen-bond acceptors (Lipinski definition) is 5. The number of amides is 1. The molecule has 33 heavy (non-hydrogen) atoms. The summed E-state index contributed by atoms with van der Waals surface area (Å²) in [6.07, 6.45) is 5.63. The number of rotatable bonds is 4. The fraction of sp³-hybridized carbons (Fsp3) is 0.167. The number of fused-ring (bicyclic) bond motifs is 1. The van der Waals surface area contributed by atoms with Gasteiger partial charge in [-0.15, -0.1) is 0 Å². The summed E-state index contributed by atoms with van der Waals surface area (Å²) >= 11 is 6.10. The van der Waals surface area contributed by atoms with Crippen LogP contribution in [0.4, 0.5) is 21.6 Å². The number of carbonyl (C=O) groups is 1. The number of likely N-dealkylation sites (N-methyl/N-ethyl adjacent to an activating group) is 1. The number of halogens is 2. The molecule has 166 valence electrons. The highest BCUT2D eigenvalue weighted by Gasteiger charge is 2.38. The molecular formula is C24H20ClFN6O. The minimum absolute atomic E-state index is 0.0362. The number of carbonyl (C=O) groups excluding carboxylic acids is 1. The maximum Gasteiger partial charge on any atom is 0.250 e. The van der Waals surface area contributed by atoms with Gasteiger partial charge >= 0.3 is 0 Å². The van der Waals surface area contributed by atoms with Gasteiger partial charge in [0.05, 0.1) is 6.20 Å². The maximum absolute atomic E-state index is 13.4. The summed E-state index contributed by atoms with van der Waals surface area (Å²) in [4.78, 5) is 30.4. The van der Waals surface area contributed by atoms with Gasteiger partial charge in [0.1, 0.15) is 23.4 Å². The Balaban J connectivity index is 1.66. The van der Waals surface area contributed by atoms with Gasteiger partial charge in [-0.1, -0.05) is 18.5 Å². The van der Waals surface area contributed by atoms with Crippen LogP contribution in [0.15, 0.2) is 67.1 Å². The molecule has 1 unspecified atom stereocenters. The molecule has 1 aliphatic heterocycles. The van der Waals surface area contributed by atoms with Crippen molar-refractivity contribution < 1.29 is 9.18 Å². The van der Waals surface area contributed by atoms with E-state index in [1.165, 1.54) is 12.1 Å². The first-order valence-electron chi connectivity index (χ1n) is 10.5. The van der Waals surface area contributed by atoms with Crippen molar-refractivity contribution in [3.05, 3.63) is 78.0 Å². The van der Waals surface area contributed by atoms with E-state index in [2.05, 4.69) is 9.97 Å². The second-order valence-electron chi connectivity index (χ2n) is 7.67. The lowest BCUT2D eigenvalue weighted by molar-refractivity contribution is -0.119. The SMILES string of the molecule is CCC1C(=O)N(C)c2cnc(-n3ccnc3-c3ccc(F)cc3)nc2N1c1ccc(Cl)cc1. The van der Waals surface area contributed by atoms with Gasteiger partial charge < -0.3 is 9.80 Å². The number of hydrogen-bond donors (Lipinski definition) is 0. The van der Waals surface area contributed by atoms with E-state index in [-0.39, 0.29) is 11.7 Å². The molecule has 0 saturated heterocycles. The van der Waals surface area contributed by atoms with E-state index in [9.17, 15) is 9.18 Å². The van der Waals surface area contributed by atoms with Crippen LogP contribution in [-0.2, 0) is 4.79 Å². The molecule has 0 bridgehead atoms. The van der Waals surface area contributed by atoms with Gasteiger partial charge in [-0.25, -0.2) is 14.4 Å². The van der Waals surface area contributed by atoms with Gasteiger partial charge in [-0.2, -0.15) is 4.98 Å². The van der Waals surface area contributed by atoms with Crippen LogP contribution in [0, 0.1) is 5.82 Å². The Morgan fingerprint density at radius 2 is 1.79 bits per heavy atom. The second-order valence-corrected chi connectivity index (χ2v) is 8.11. The molecule has 9 heteroatoms. The molecule has 2 aromatic carbocycles. The lowest BCUT2D eigenvalue weighted by Gasteiger charge is -2.40. The largest absolute Gasteiger partial charge is 0.312 e. The van der Waals surface area contributed by atoms with E-state index in [0.717, 1.165) is 11.3 Å². The summed E-state index contributed by atoms with van der Waals surface area (Å²) in [6.45, 7) is 1.97. The van der Waals surface area contributed by atoms with Crippen LogP contribution in [0.25, 0.3) is 17.3 Å². The Kier molecular flexibility index (Phi) is 5.30. The van der Waals surface area contributed by atoms with Crippen molar-refractivity contribution in [2.75, 3.05) is 16.8 Å². The normalized spacial score (nSPS) is 15.6. The Morgan fingerprint density at radius 1 is 1.06 bits per heavy atom. The molecule has 0 saturated carbocycles. The first-order valence-corrected chi connectivity index (χ1v) is 10.8. The summed E-state index contributed by atoms with van der Waals surface area (Å²) in [6, 6.07) is 13.0. The van der Waals surface area contributed by atoms with Crippen molar-refractivity contribution >= 4 is 34.7 Å². The molecule has 2 aromatic heterocycles. The van der Waals surface area contributed by atoms with Crippen molar-refractivity contribution in [2.45, 2.75) is 19.4 Å². The van der Waals surface area contributed by atoms with Gasteiger partial charge in [-0.05, 0) is 55.0 Å². The first kappa shape index (κ1) is 21.1. The highest BCUT2D eigenvalue weighted by molar-refractivity contribution is 6.30. The molecule has 0 fully saturated rings. The summed E-state index contributed by atoms with van der Waals surface area (Å²) in [7, 11) is 1.73. The molecule has 0 N–H and O–H groups in total. The van der Waals surface area contributed by atoms with Crippen LogP contribution in [0.2, 0.25) is 5.02 Å². The van der Waals surface area contributed by atoms with E-state index in [1.807, 2.05) is 24.0 Å². The zero-order valence-corrected chi connectivity index (χ0v) is 18.7. The van der Waals surface area contributed by atoms with Gasteiger partial charge in [0.25, 0.3) is 0 Å². The van der Waals surface area contributed by atoms with Crippen molar-refractivity contribution in [1.82, 2.24) is 19.5 Å². The number of benzene rings is 2. The van der Waals surface area contributed by atoms with E-state index < -0.39 is 6.04 Å². The molecule has 0 radical (unpaired) electrons. The summed E-state index contributed by atoms with van der Waals surface area (Å²) < 4.78 is 15.2. The molecule has 0 aliphatic carbocycles. The zero-order chi connectivity index (χ0) is 23.1. The van der Waals surface area contributed by atoms with Gasteiger partial charge in [0.2, 0.25) is 11.9 Å². The molecule has 3 heterocycles. The van der Waals surface area contributed by atoms with Crippen molar-refractivity contribution in [1.29, 1.82) is 0 Å². The fourth-order valence-electron chi connectivity index (χ4n) is 4.03. The first-order chi connectivity index (χ1) is 16.0. The minimum atomic E-state index is -0.425. The summed E-state index contributed by atoms with van der Waals surface area (Å²) in [5.41, 5.74) is 2.14. The maximum atomic E-state index is 13.4. The number of anilines is 3. The van der Waals surface area contributed by atoms with Crippen molar-refractivity contribution in [2.24, 2.45) is 0 Å². The summed E-state index contributed by atoms with van der Waals surface area (Å²) in [5.74, 6) is 1.22. The number of aromatic nitrogens is 4. The predicted molar refractivity (Wildman–Crippen MR) is 126 cm³/mol. The van der Waals surface area contributed by atoms with Crippen LogP contribution in [0.3, 0.4) is 0 Å². The molecule has 5 rings (SSSR count). The van der Waals surface area contributed by atoms with Crippen LogP contribution in [0.1, 0.15) is 13.3 Å². The molecule has 1 amide bonds. The fourth-order valence-corrected chi connectivity index (χ4v) is 4.15. The molecule has 1 atom stereocenters.